The first-order valence-corrected chi connectivity index (χ1v) is 13.2. The Labute approximate surface area is 244 Å². The first kappa shape index (κ1) is 35.4. The third kappa shape index (κ3) is 8.16. The summed E-state index contributed by atoms with van der Waals surface area (Å²) in [6.45, 7) is -0.543. The van der Waals surface area contributed by atoms with Crippen LogP contribution in [0.3, 0.4) is 0 Å². The van der Waals surface area contributed by atoms with Crippen LogP contribution in [0.4, 0.5) is 9.59 Å². The largest absolute Gasteiger partial charge is 0.445 e. The van der Waals surface area contributed by atoms with Crippen molar-refractivity contribution in [3.63, 3.8) is 0 Å². The van der Waals surface area contributed by atoms with Crippen molar-refractivity contribution >= 4 is 12.1 Å². The van der Waals surface area contributed by atoms with E-state index in [2.05, 4.69) is 0 Å². The van der Waals surface area contributed by atoms with Crippen molar-refractivity contribution in [1.29, 1.82) is 0 Å². The molecule has 250 valence electrons. The molecule has 13 N–H and O–H groups in total. The molecule has 3 amide bonds. The quantitative estimate of drug-likeness (QED) is 0.0638. The summed E-state index contributed by atoms with van der Waals surface area (Å²) in [5.41, 5.74) is 5.37. The molecule has 3 aliphatic rings. The Morgan fingerprint density at radius 1 is 0.721 bits per heavy atom. The summed E-state index contributed by atoms with van der Waals surface area (Å²) < 4.78 is 37.8. The third-order valence-electron chi connectivity index (χ3n) is 7.31. The van der Waals surface area contributed by atoms with Crippen molar-refractivity contribution in [3.05, 3.63) is 0 Å². The van der Waals surface area contributed by atoms with Crippen LogP contribution in [0.25, 0.3) is 0 Å². The normalized spacial score (nSPS) is 43.5. The van der Waals surface area contributed by atoms with Gasteiger partial charge in [-0.05, 0) is 0 Å². The monoisotopic (exact) mass is 632 g/mol. The highest BCUT2D eigenvalue weighted by molar-refractivity contribution is 5.76. The fraction of sp³-hybridized carbons (Fsp3) is 0.909. The zero-order chi connectivity index (χ0) is 32.0. The molecule has 0 aliphatic carbocycles. The summed E-state index contributed by atoms with van der Waals surface area (Å²) in [6.07, 6.45) is -23.5. The van der Waals surface area contributed by atoms with Crippen LogP contribution in [0.15, 0.2) is 0 Å². The topological polar surface area (TPSA) is 323 Å². The molecule has 21 heteroatoms. The molecular weight excluding hydrogens is 592 g/mol. The Bertz CT molecular complexity index is 904. The van der Waals surface area contributed by atoms with Gasteiger partial charge in [-0.25, -0.2) is 26.3 Å². The third-order valence-corrected chi connectivity index (χ3v) is 7.31. The molecule has 3 rings (SSSR count). The SMILES string of the molecule is COC1OC(CO)C(OC2OC(COC(=O)NNC(=O)NN)C(OC3OC(CO)C(C)C(O)C3O)C(O)C2O)C(O)C1O. The molecule has 0 spiro atoms. The predicted molar refractivity (Wildman–Crippen MR) is 132 cm³/mol. The second-order valence-electron chi connectivity index (χ2n) is 10.1. The zero-order valence-electron chi connectivity index (χ0n) is 23.1. The van der Waals surface area contributed by atoms with Crippen molar-refractivity contribution in [2.24, 2.45) is 11.8 Å². The molecule has 0 aromatic rings. The molecule has 3 fully saturated rings. The average Bonchev–Trinajstić information content (AvgIpc) is 3.00. The average molecular weight is 633 g/mol. The number of amides is 3. The van der Waals surface area contributed by atoms with E-state index in [9.17, 15) is 50.4 Å². The fourth-order valence-electron chi connectivity index (χ4n) is 4.77. The van der Waals surface area contributed by atoms with E-state index < -0.39 is 124 Å². The van der Waals surface area contributed by atoms with E-state index in [-0.39, 0.29) is 0 Å². The molecule has 0 aromatic heterocycles. The molecule has 0 radical (unpaired) electrons. The van der Waals surface area contributed by atoms with E-state index in [1.807, 2.05) is 10.9 Å². The van der Waals surface area contributed by atoms with E-state index in [4.69, 9.17) is 39.0 Å². The van der Waals surface area contributed by atoms with Crippen LogP contribution in [0, 0.1) is 5.92 Å². The van der Waals surface area contributed by atoms with E-state index in [1.54, 1.807) is 5.43 Å². The van der Waals surface area contributed by atoms with Gasteiger partial charge in [0.2, 0.25) is 0 Å². The summed E-state index contributed by atoms with van der Waals surface area (Å²) in [5, 5.41) is 83.1. The van der Waals surface area contributed by atoms with E-state index in [0.717, 1.165) is 0 Å². The van der Waals surface area contributed by atoms with Gasteiger partial charge in [0.15, 0.2) is 18.9 Å². The van der Waals surface area contributed by atoms with Gasteiger partial charge in [0.1, 0.15) is 61.5 Å². The first-order valence-electron chi connectivity index (χ1n) is 13.2. The summed E-state index contributed by atoms with van der Waals surface area (Å²) in [5.74, 6) is 4.18. The Morgan fingerprint density at radius 3 is 1.74 bits per heavy atom. The molecule has 3 heterocycles. The summed E-state index contributed by atoms with van der Waals surface area (Å²) in [4.78, 5) is 23.3. The van der Waals surface area contributed by atoms with Gasteiger partial charge in [-0.15, -0.1) is 0 Å². The number of carbonyl (C=O) groups excluding carboxylic acids is 2. The number of aliphatic hydroxyl groups is 8. The Kier molecular flexibility index (Phi) is 13.0. The van der Waals surface area contributed by atoms with Gasteiger partial charge in [0.25, 0.3) is 0 Å². The summed E-state index contributed by atoms with van der Waals surface area (Å²) >= 11 is 0. The maximum atomic E-state index is 12.1. The lowest BCUT2D eigenvalue weighted by Gasteiger charge is -2.48. The van der Waals surface area contributed by atoms with Crippen LogP contribution in [-0.2, 0) is 33.2 Å². The molecular formula is C22H40N4O17. The van der Waals surface area contributed by atoms with Crippen LogP contribution in [-0.4, -0.2) is 166 Å². The number of hydrogen-bond acceptors (Lipinski definition) is 18. The highest BCUT2D eigenvalue weighted by Gasteiger charge is 2.53. The number of hydrogen-bond donors (Lipinski definition) is 12. The van der Waals surface area contributed by atoms with E-state index in [1.165, 1.54) is 14.0 Å². The van der Waals surface area contributed by atoms with Crippen LogP contribution >= 0.6 is 0 Å². The lowest BCUT2D eigenvalue weighted by atomic mass is 9.91. The number of carbonyl (C=O) groups is 2. The number of nitrogens with two attached hydrogens (primary N) is 1. The van der Waals surface area contributed by atoms with Crippen molar-refractivity contribution in [1.82, 2.24) is 16.3 Å². The molecule has 43 heavy (non-hydrogen) atoms. The Balaban J connectivity index is 1.80. The molecule has 3 aliphatic heterocycles. The summed E-state index contributed by atoms with van der Waals surface area (Å²) in [7, 11) is 1.19. The smallest absolute Gasteiger partial charge is 0.426 e. The lowest BCUT2D eigenvalue weighted by molar-refractivity contribution is -0.376. The van der Waals surface area contributed by atoms with Crippen LogP contribution in [0.2, 0.25) is 0 Å². The predicted octanol–water partition coefficient (Wildman–Crippen LogP) is -6.82. The number of urea groups is 1. The molecule has 3 saturated heterocycles. The minimum Gasteiger partial charge on any atom is -0.445 e. The molecule has 21 nitrogen and oxygen atoms in total. The number of hydrazine groups is 2. The Morgan fingerprint density at radius 2 is 1.21 bits per heavy atom. The Hall–Kier alpha value is -2.06. The van der Waals surface area contributed by atoms with E-state index >= 15 is 0 Å². The van der Waals surface area contributed by atoms with Crippen molar-refractivity contribution < 1.29 is 83.6 Å². The van der Waals surface area contributed by atoms with Gasteiger partial charge in [0, 0.05) is 13.0 Å². The van der Waals surface area contributed by atoms with Gasteiger partial charge in [-0.1, -0.05) is 6.92 Å². The lowest BCUT2D eigenvalue weighted by Crippen LogP contribution is -2.66. The second-order valence-corrected chi connectivity index (χ2v) is 10.1. The van der Waals surface area contributed by atoms with Crippen molar-refractivity contribution in [2.45, 2.75) is 92.9 Å². The molecule has 0 aromatic carbocycles. The number of rotatable bonds is 9. The second kappa shape index (κ2) is 15.8. The minimum atomic E-state index is -1.97. The fourth-order valence-corrected chi connectivity index (χ4v) is 4.77. The maximum absolute atomic E-state index is 12.1. The highest BCUT2D eigenvalue weighted by atomic mass is 16.8. The summed E-state index contributed by atoms with van der Waals surface area (Å²) in [6, 6.07) is -1.00. The number of methoxy groups -OCH3 is 1. The highest BCUT2D eigenvalue weighted by Crippen LogP contribution is 2.33. The van der Waals surface area contributed by atoms with Gasteiger partial charge in [-0.2, -0.15) is 0 Å². The zero-order valence-corrected chi connectivity index (χ0v) is 23.1. The van der Waals surface area contributed by atoms with Gasteiger partial charge in [0.05, 0.1) is 25.4 Å². The van der Waals surface area contributed by atoms with Crippen molar-refractivity contribution in [2.75, 3.05) is 26.9 Å². The molecule has 15 unspecified atom stereocenters. The number of nitrogens with one attached hydrogen (secondary N) is 3. The standard InChI is InChI=1S/C22H40N4O17/c1-6-7(3-27)39-19(13(32)10(6)29)43-17-9(5-38-22(36)26-25-21(35)24-23)41-20(15(34)12(17)31)42-16-8(4-28)40-18(37-2)14(33)11(16)30/h6-20,27-34H,3-5,23H2,1-2H3,(H,26,36)(H2,24,25,35). The van der Waals surface area contributed by atoms with Crippen LogP contribution < -0.4 is 22.1 Å². The molecule has 0 saturated carbocycles. The van der Waals surface area contributed by atoms with Gasteiger partial charge in [-0.3, -0.25) is 5.43 Å². The maximum Gasteiger partial charge on any atom is 0.426 e. The van der Waals surface area contributed by atoms with Gasteiger partial charge >= 0.3 is 12.1 Å². The van der Waals surface area contributed by atoms with Gasteiger partial charge < -0.3 is 74.0 Å². The van der Waals surface area contributed by atoms with Crippen LogP contribution in [0.5, 0.6) is 0 Å². The van der Waals surface area contributed by atoms with E-state index in [0.29, 0.717) is 0 Å². The number of ether oxygens (including phenoxy) is 7. The van der Waals surface area contributed by atoms with Crippen LogP contribution in [0.1, 0.15) is 6.92 Å². The molecule has 0 bridgehead atoms. The van der Waals surface area contributed by atoms with Crippen molar-refractivity contribution in [3.8, 4) is 0 Å². The minimum absolute atomic E-state index is 0.559. The number of aliphatic hydroxyl groups excluding tert-OH is 8. The first-order chi connectivity index (χ1) is 20.4. The molecule has 15 atom stereocenters.